The van der Waals surface area contributed by atoms with Crippen LogP contribution in [0.4, 0.5) is 0 Å². The van der Waals surface area contributed by atoms with Crippen molar-refractivity contribution >= 4 is 0 Å². The highest BCUT2D eigenvalue weighted by atomic mass is 16.5. The Morgan fingerprint density at radius 2 is 2.16 bits per heavy atom. The first-order valence-corrected chi connectivity index (χ1v) is 7.85. The molecule has 0 radical (unpaired) electrons. The van der Waals surface area contributed by atoms with Gasteiger partial charge in [-0.1, -0.05) is 27.2 Å². The first kappa shape index (κ1) is 16.9. The minimum Gasteiger partial charge on any atom is -0.383 e. The average molecular weight is 271 g/mol. The summed E-state index contributed by atoms with van der Waals surface area (Å²) in [5.74, 6) is 0.728. The Morgan fingerprint density at radius 3 is 2.74 bits per heavy atom. The van der Waals surface area contributed by atoms with Gasteiger partial charge in [0.1, 0.15) is 0 Å². The van der Waals surface area contributed by atoms with Gasteiger partial charge in [0.15, 0.2) is 0 Å². The number of methoxy groups -OCH3 is 1. The van der Waals surface area contributed by atoms with Crippen LogP contribution < -0.4 is 5.32 Å². The molecule has 3 heteroatoms. The molecular formula is C16H33NO2. The van der Waals surface area contributed by atoms with Crippen LogP contribution in [0.2, 0.25) is 0 Å². The Labute approximate surface area is 119 Å². The molecule has 0 aromatic heterocycles. The zero-order chi connectivity index (χ0) is 14.1. The van der Waals surface area contributed by atoms with Crippen LogP contribution in [0.3, 0.4) is 0 Å². The molecule has 0 aliphatic carbocycles. The summed E-state index contributed by atoms with van der Waals surface area (Å²) in [6.45, 7) is 10.9. The van der Waals surface area contributed by atoms with Crippen molar-refractivity contribution < 1.29 is 9.47 Å². The van der Waals surface area contributed by atoms with E-state index < -0.39 is 0 Å². The third-order valence-corrected chi connectivity index (χ3v) is 4.20. The molecule has 1 aliphatic rings. The van der Waals surface area contributed by atoms with E-state index in [4.69, 9.17) is 9.47 Å². The van der Waals surface area contributed by atoms with Crippen molar-refractivity contribution in [3.05, 3.63) is 0 Å². The second-order valence-electron chi connectivity index (χ2n) is 6.83. The summed E-state index contributed by atoms with van der Waals surface area (Å²) in [6.07, 6.45) is 6.90. The Hall–Kier alpha value is -0.120. The maximum absolute atomic E-state index is 5.70. The molecule has 0 amide bonds. The van der Waals surface area contributed by atoms with Crippen LogP contribution in [0.15, 0.2) is 0 Å². The van der Waals surface area contributed by atoms with Crippen LogP contribution >= 0.6 is 0 Å². The molecule has 1 rings (SSSR count). The van der Waals surface area contributed by atoms with E-state index in [0.717, 1.165) is 32.2 Å². The molecule has 0 aromatic carbocycles. The van der Waals surface area contributed by atoms with Crippen LogP contribution in [0.1, 0.15) is 52.9 Å². The minimum absolute atomic E-state index is 0.372. The van der Waals surface area contributed by atoms with Crippen molar-refractivity contribution in [1.82, 2.24) is 5.32 Å². The molecule has 1 aliphatic heterocycles. The first-order chi connectivity index (χ1) is 9.04. The second kappa shape index (κ2) is 8.93. The van der Waals surface area contributed by atoms with Crippen molar-refractivity contribution in [3.8, 4) is 0 Å². The van der Waals surface area contributed by atoms with Gasteiger partial charge < -0.3 is 14.8 Å². The fourth-order valence-electron chi connectivity index (χ4n) is 2.76. The Morgan fingerprint density at radius 1 is 1.37 bits per heavy atom. The molecule has 1 fully saturated rings. The molecule has 114 valence electrons. The van der Waals surface area contributed by atoms with Gasteiger partial charge in [0, 0.05) is 20.3 Å². The van der Waals surface area contributed by atoms with E-state index in [9.17, 15) is 0 Å². The van der Waals surface area contributed by atoms with Gasteiger partial charge in [-0.05, 0) is 43.6 Å². The summed E-state index contributed by atoms with van der Waals surface area (Å²) >= 11 is 0. The van der Waals surface area contributed by atoms with Crippen LogP contribution in [0.25, 0.3) is 0 Å². The lowest BCUT2D eigenvalue weighted by Crippen LogP contribution is -2.33. The van der Waals surface area contributed by atoms with Crippen LogP contribution in [-0.2, 0) is 9.47 Å². The van der Waals surface area contributed by atoms with Crippen LogP contribution in [0, 0.1) is 11.3 Å². The predicted octanol–water partition coefficient (Wildman–Crippen LogP) is 3.23. The van der Waals surface area contributed by atoms with Gasteiger partial charge in [-0.2, -0.15) is 0 Å². The number of hydrogen-bond donors (Lipinski definition) is 1. The summed E-state index contributed by atoms with van der Waals surface area (Å²) < 4.78 is 10.8. The standard InChI is InChI=1S/C16H33NO2/c1-16(2,3)14(13-17-10-12-18-4)7-5-8-15-9-6-11-19-15/h14-15,17H,5-13H2,1-4H3. The van der Waals surface area contributed by atoms with Gasteiger partial charge in [-0.3, -0.25) is 0 Å². The zero-order valence-corrected chi connectivity index (χ0v) is 13.3. The zero-order valence-electron chi connectivity index (χ0n) is 13.3. The normalized spacial score (nSPS) is 21.8. The van der Waals surface area contributed by atoms with E-state index in [1.807, 2.05) is 0 Å². The molecule has 1 N–H and O–H groups in total. The Kier molecular flexibility index (Phi) is 7.96. The van der Waals surface area contributed by atoms with E-state index in [1.165, 1.54) is 32.1 Å². The molecule has 0 spiro atoms. The monoisotopic (exact) mass is 271 g/mol. The quantitative estimate of drug-likeness (QED) is 0.653. The van der Waals surface area contributed by atoms with Gasteiger partial charge in [-0.25, -0.2) is 0 Å². The fourth-order valence-corrected chi connectivity index (χ4v) is 2.76. The molecule has 0 saturated carbocycles. The lowest BCUT2D eigenvalue weighted by Gasteiger charge is -2.31. The Balaban J connectivity index is 2.20. The summed E-state index contributed by atoms with van der Waals surface area (Å²) in [6, 6.07) is 0. The van der Waals surface area contributed by atoms with Crippen LogP contribution in [0.5, 0.6) is 0 Å². The molecule has 0 aromatic rings. The summed E-state index contributed by atoms with van der Waals surface area (Å²) in [5, 5.41) is 3.52. The smallest absolute Gasteiger partial charge is 0.0587 e. The third kappa shape index (κ3) is 7.28. The minimum atomic E-state index is 0.372. The number of nitrogens with one attached hydrogen (secondary N) is 1. The molecule has 19 heavy (non-hydrogen) atoms. The molecule has 3 nitrogen and oxygen atoms in total. The molecule has 1 saturated heterocycles. The van der Waals surface area contributed by atoms with E-state index >= 15 is 0 Å². The SMILES string of the molecule is COCCNCC(CCCC1CCCO1)C(C)(C)C. The molecule has 1 heterocycles. The highest BCUT2D eigenvalue weighted by Crippen LogP contribution is 2.30. The average Bonchev–Trinajstić information content (AvgIpc) is 2.84. The summed E-state index contributed by atoms with van der Waals surface area (Å²) in [4.78, 5) is 0. The lowest BCUT2D eigenvalue weighted by atomic mass is 9.77. The Bertz CT molecular complexity index is 219. The summed E-state index contributed by atoms with van der Waals surface area (Å²) in [7, 11) is 1.75. The maximum atomic E-state index is 5.70. The van der Waals surface area contributed by atoms with Gasteiger partial charge in [0.05, 0.1) is 12.7 Å². The van der Waals surface area contributed by atoms with Crippen LogP contribution in [-0.4, -0.2) is 39.5 Å². The molecule has 2 unspecified atom stereocenters. The van der Waals surface area contributed by atoms with Crippen molar-refractivity contribution in [2.75, 3.05) is 33.4 Å². The first-order valence-electron chi connectivity index (χ1n) is 7.85. The van der Waals surface area contributed by atoms with Crippen molar-refractivity contribution in [2.24, 2.45) is 11.3 Å². The van der Waals surface area contributed by atoms with E-state index in [2.05, 4.69) is 26.1 Å². The van der Waals surface area contributed by atoms with E-state index in [1.54, 1.807) is 7.11 Å². The van der Waals surface area contributed by atoms with Gasteiger partial charge in [0.2, 0.25) is 0 Å². The van der Waals surface area contributed by atoms with E-state index in [-0.39, 0.29) is 0 Å². The second-order valence-corrected chi connectivity index (χ2v) is 6.83. The van der Waals surface area contributed by atoms with Gasteiger partial charge in [-0.15, -0.1) is 0 Å². The van der Waals surface area contributed by atoms with E-state index in [0.29, 0.717) is 11.5 Å². The van der Waals surface area contributed by atoms with Crippen molar-refractivity contribution in [3.63, 3.8) is 0 Å². The third-order valence-electron chi connectivity index (χ3n) is 4.20. The maximum Gasteiger partial charge on any atom is 0.0587 e. The van der Waals surface area contributed by atoms with Gasteiger partial charge >= 0.3 is 0 Å². The molecule has 0 bridgehead atoms. The number of ether oxygens (including phenoxy) is 2. The predicted molar refractivity (Wildman–Crippen MR) is 80.5 cm³/mol. The molecular weight excluding hydrogens is 238 g/mol. The highest BCUT2D eigenvalue weighted by molar-refractivity contribution is 4.77. The largest absolute Gasteiger partial charge is 0.383 e. The summed E-state index contributed by atoms with van der Waals surface area (Å²) in [5.41, 5.74) is 0.372. The van der Waals surface area contributed by atoms with Crippen molar-refractivity contribution in [2.45, 2.75) is 59.0 Å². The number of hydrogen-bond acceptors (Lipinski definition) is 3. The highest BCUT2D eigenvalue weighted by Gasteiger charge is 2.24. The van der Waals surface area contributed by atoms with Gasteiger partial charge in [0.25, 0.3) is 0 Å². The topological polar surface area (TPSA) is 30.5 Å². The lowest BCUT2D eigenvalue weighted by molar-refractivity contribution is 0.0974. The van der Waals surface area contributed by atoms with Crippen molar-refractivity contribution in [1.29, 1.82) is 0 Å². The fraction of sp³-hybridized carbons (Fsp3) is 1.00. The number of rotatable bonds is 9. The molecule has 2 atom stereocenters.